The molecule has 2 amide bonds. The number of nitrogens with one attached hydrogen (secondary N) is 1. The molecule has 144 valence electrons. The molecule has 0 aromatic heterocycles. The molecule has 0 bridgehead atoms. The first-order chi connectivity index (χ1) is 13.4. The Morgan fingerprint density at radius 2 is 1.86 bits per heavy atom. The third-order valence-electron chi connectivity index (χ3n) is 4.11. The number of hydrogen-bond acceptors (Lipinski definition) is 5. The van der Waals surface area contributed by atoms with Crippen LogP contribution in [0.2, 0.25) is 0 Å². The Kier molecular flexibility index (Phi) is 6.11. The predicted molar refractivity (Wildman–Crippen MR) is 113 cm³/mol. The van der Waals surface area contributed by atoms with Gasteiger partial charge in [0.05, 0.1) is 7.11 Å². The van der Waals surface area contributed by atoms with Gasteiger partial charge in [0.25, 0.3) is 11.8 Å². The van der Waals surface area contributed by atoms with Crippen molar-refractivity contribution < 1.29 is 19.1 Å². The number of nitrogens with zero attached hydrogens (tertiary/aromatic N) is 1. The second-order valence-electron chi connectivity index (χ2n) is 6.01. The van der Waals surface area contributed by atoms with Gasteiger partial charge in [-0.1, -0.05) is 34.1 Å². The Labute approximate surface area is 176 Å². The van der Waals surface area contributed by atoms with E-state index in [0.717, 1.165) is 10.0 Å². The van der Waals surface area contributed by atoms with Crippen LogP contribution in [0, 0.1) is 0 Å². The number of amides is 2. The largest absolute Gasteiger partial charge is 0.493 e. The SMILES string of the molecule is COc1cc(/C=C2/C(=O)NC(=S)N(C)C2=O)ccc1OCc1ccc(Br)cc1. The number of ether oxygens (including phenoxy) is 2. The van der Waals surface area contributed by atoms with Crippen molar-refractivity contribution >= 4 is 51.2 Å². The molecule has 6 nitrogen and oxygen atoms in total. The van der Waals surface area contributed by atoms with Gasteiger partial charge in [0.1, 0.15) is 12.2 Å². The van der Waals surface area contributed by atoms with Gasteiger partial charge in [0, 0.05) is 11.5 Å². The molecule has 0 radical (unpaired) electrons. The zero-order valence-corrected chi connectivity index (χ0v) is 17.6. The Bertz CT molecular complexity index is 973. The molecular weight excluding hydrogens is 444 g/mol. The normalized spacial score (nSPS) is 15.6. The van der Waals surface area contributed by atoms with E-state index in [1.807, 2.05) is 24.3 Å². The van der Waals surface area contributed by atoms with E-state index in [9.17, 15) is 9.59 Å². The van der Waals surface area contributed by atoms with Crippen LogP contribution >= 0.6 is 28.1 Å². The van der Waals surface area contributed by atoms with Gasteiger partial charge >= 0.3 is 0 Å². The number of likely N-dealkylation sites (N-methyl/N-ethyl adjacent to an activating group) is 1. The monoisotopic (exact) mass is 460 g/mol. The van der Waals surface area contributed by atoms with E-state index in [-0.39, 0.29) is 10.7 Å². The highest BCUT2D eigenvalue weighted by Crippen LogP contribution is 2.30. The summed E-state index contributed by atoms with van der Waals surface area (Å²) in [6.45, 7) is 0.382. The molecule has 0 atom stereocenters. The molecule has 1 fully saturated rings. The summed E-state index contributed by atoms with van der Waals surface area (Å²) in [5.74, 6) is 0.0789. The molecule has 1 heterocycles. The number of benzene rings is 2. The fraction of sp³-hybridized carbons (Fsp3) is 0.150. The van der Waals surface area contributed by atoms with Crippen LogP contribution in [-0.2, 0) is 16.2 Å². The van der Waals surface area contributed by atoms with Crippen LogP contribution in [0.3, 0.4) is 0 Å². The lowest BCUT2D eigenvalue weighted by molar-refractivity contribution is -0.128. The summed E-state index contributed by atoms with van der Waals surface area (Å²) < 4.78 is 12.2. The average molecular weight is 461 g/mol. The molecule has 2 aromatic rings. The van der Waals surface area contributed by atoms with Crippen molar-refractivity contribution in [2.24, 2.45) is 0 Å². The zero-order chi connectivity index (χ0) is 20.3. The highest BCUT2D eigenvalue weighted by molar-refractivity contribution is 9.10. The first-order valence-electron chi connectivity index (χ1n) is 8.29. The van der Waals surface area contributed by atoms with Crippen LogP contribution in [0.1, 0.15) is 11.1 Å². The zero-order valence-electron chi connectivity index (χ0n) is 15.2. The summed E-state index contributed by atoms with van der Waals surface area (Å²) in [5.41, 5.74) is 1.65. The second-order valence-corrected chi connectivity index (χ2v) is 7.31. The maximum Gasteiger partial charge on any atom is 0.265 e. The standard InChI is InChI=1S/C20H17BrN2O4S/c1-23-19(25)15(18(24)22-20(23)28)9-13-5-8-16(17(10-13)26-2)27-11-12-3-6-14(21)7-4-12/h3-10H,11H2,1-2H3,(H,22,24,28)/b15-9-. The lowest BCUT2D eigenvalue weighted by Gasteiger charge is -2.25. The number of thiocarbonyl (C=S) groups is 1. The van der Waals surface area contributed by atoms with Crippen LogP contribution in [0.25, 0.3) is 6.08 Å². The van der Waals surface area contributed by atoms with Crippen LogP contribution in [0.5, 0.6) is 11.5 Å². The molecule has 3 rings (SSSR count). The molecule has 8 heteroatoms. The number of carbonyl (C=O) groups excluding carboxylic acids is 2. The van der Waals surface area contributed by atoms with Crippen molar-refractivity contribution in [1.29, 1.82) is 0 Å². The Morgan fingerprint density at radius 1 is 1.14 bits per heavy atom. The van der Waals surface area contributed by atoms with E-state index >= 15 is 0 Å². The second kappa shape index (κ2) is 8.53. The van der Waals surface area contributed by atoms with Gasteiger partial charge in [-0.05, 0) is 53.7 Å². The van der Waals surface area contributed by atoms with E-state index in [1.54, 1.807) is 18.2 Å². The quantitative estimate of drug-likeness (QED) is 0.421. The van der Waals surface area contributed by atoms with Crippen molar-refractivity contribution in [1.82, 2.24) is 10.2 Å². The molecule has 1 saturated heterocycles. The van der Waals surface area contributed by atoms with E-state index < -0.39 is 11.8 Å². The maximum absolute atomic E-state index is 12.3. The minimum Gasteiger partial charge on any atom is -0.493 e. The highest BCUT2D eigenvalue weighted by atomic mass is 79.9. The molecule has 1 aliphatic heterocycles. The number of methoxy groups -OCH3 is 1. The van der Waals surface area contributed by atoms with Crippen molar-refractivity contribution in [2.75, 3.05) is 14.2 Å². The topological polar surface area (TPSA) is 67.9 Å². The number of carbonyl (C=O) groups is 2. The van der Waals surface area contributed by atoms with Gasteiger partial charge in [0.2, 0.25) is 0 Å². The Balaban J connectivity index is 1.81. The molecule has 1 N–H and O–H groups in total. The molecule has 0 unspecified atom stereocenters. The highest BCUT2D eigenvalue weighted by Gasteiger charge is 2.30. The van der Waals surface area contributed by atoms with Crippen molar-refractivity contribution in [3.8, 4) is 11.5 Å². The molecule has 28 heavy (non-hydrogen) atoms. The lowest BCUT2D eigenvalue weighted by Crippen LogP contribution is -2.52. The molecule has 0 saturated carbocycles. The predicted octanol–water partition coefficient (Wildman–Crippen LogP) is 3.29. The summed E-state index contributed by atoms with van der Waals surface area (Å²) >= 11 is 8.34. The van der Waals surface area contributed by atoms with Gasteiger partial charge in [-0.15, -0.1) is 0 Å². The molecule has 0 aliphatic carbocycles. The molecular formula is C20H17BrN2O4S. The van der Waals surface area contributed by atoms with Crippen molar-refractivity contribution in [3.05, 3.63) is 63.6 Å². The van der Waals surface area contributed by atoms with E-state index in [4.69, 9.17) is 21.7 Å². The van der Waals surface area contributed by atoms with Crippen molar-refractivity contribution in [2.45, 2.75) is 6.61 Å². The number of halogens is 1. The fourth-order valence-electron chi connectivity index (χ4n) is 2.55. The van der Waals surface area contributed by atoms with Gasteiger partial charge in [-0.2, -0.15) is 0 Å². The van der Waals surface area contributed by atoms with E-state index in [2.05, 4.69) is 21.2 Å². The summed E-state index contributed by atoms with van der Waals surface area (Å²) in [5, 5.41) is 2.57. The Morgan fingerprint density at radius 3 is 2.54 bits per heavy atom. The van der Waals surface area contributed by atoms with Gasteiger partial charge < -0.3 is 9.47 Å². The van der Waals surface area contributed by atoms with Crippen LogP contribution < -0.4 is 14.8 Å². The smallest absolute Gasteiger partial charge is 0.265 e. The van der Waals surface area contributed by atoms with Gasteiger partial charge in [-0.25, -0.2) is 0 Å². The first-order valence-corrected chi connectivity index (χ1v) is 9.49. The number of hydrogen-bond donors (Lipinski definition) is 1. The summed E-state index contributed by atoms with van der Waals surface area (Å²) in [6, 6.07) is 13.0. The fourth-order valence-corrected chi connectivity index (χ4v) is 2.99. The summed E-state index contributed by atoms with van der Waals surface area (Å²) in [4.78, 5) is 25.6. The minimum absolute atomic E-state index is 0.00156. The average Bonchev–Trinajstić information content (AvgIpc) is 2.69. The Hall–Kier alpha value is -2.71. The first kappa shape index (κ1) is 20.0. The minimum atomic E-state index is -0.525. The van der Waals surface area contributed by atoms with E-state index in [0.29, 0.717) is 23.7 Å². The van der Waals surface area contributed by atoms with Gasteiger partial charge in [-0.3, -0.25) is 19.8 Å². The number of rotatable bonds is 5. The van der Waals surface area contributed by atoms with Crippen LogP contribution in [0.15, 0.2) is 52.5 Å². The third kappa shape index (κ3) is 4.40. The van der Waals surface area contributed by atoms with Crippen molar-refractivity contribution in [3.63, 3.8) is 0 Å². The van der Waals surface area contributed by atoms with Gasteiger partial charge in [0.15, 0.2) is 16.6 Å². The summed E-state index contributed by atoms with van der Waals surface area (Å²) in [6.07, 6.45) is 1.50. The molecule has 2 aromatic carbocycles. The third-order valence-corrected chi connectivity index (χ3v) is 5.02. The van der Waals surface area contributed by atoms with Crippen LogP contribution in [0.4, 0.5) is 0 Å². The maximum atomic E-state index is 12.3. The molecule has 0 spiro atoms. The molecule has 1 aliphatic rings. The van der Waals surface area contributed by atoms with E-state index in [1.165, 1.54) is 25.1 Å². The lowest BCUT2D eigenvalue weighted by atomic mass is 10.1. The van der Waals surface area contributed by atoms with Crippen LogP contribution in [-0.4, -0.2) is 36.0 Å². The summed E-state index contributed by atoms with van der Waals surface area (Å²) in [7, 11) is 3.04.